The molecule has 1 heterocycles. The summed E-state index contributed by atoms with van der Waals surface area (Å²) >= 11 is 0. The number of hydrogen-bond donors (Lipinski definition) is 2. The van der Waals surface area contributed by atoms with E-state index in [1.54, 1.807) is 4.90 Å². The number of para-hydroxylation sites is 1. The van der Waals surface area contributed by atoms with Crippen LogP contribution in [0.25, 0.3) is 0 Å². The molecular weight excluding hydrogens is 296 g/mol. The van der Waals surface area contributed by atoms with Gasteiger partial charge < -0.3 is 15.3 Å². The molecule has 0 fully saturated rings. The molecule has 1 aliphatic rings. The van der Waals surface area contributed by atoms with E-state index >= 15 is 0 Å². The molecule has 6 heteroatoms. The van der Waals surface area contributed by atoms with Gasteiger partial charge in [0.05, 0.1) is 0 Å². The van der Waals surface area contributed by atoms with Crippen molar-refractivity contribution in [3.63, 3.8) is 0 Å². The van der Waals surface area contributed by atoms with Gasteiger partial charge in [-0.25, -0.2) is 4.79 Å². The van der Waals surface area contributed by atoms with Gasteiger partial charge in [-0.15, -0.1) is 0 Å². The van der Waals surface area contributed by atoms with Crippen molar-refractivity contribution in [3.05, 3.63) is 29.8 Å². The average molecular weight is 318 g/mol. The number of carbonyl (C=O) groups is 3. The van der Waals surface area contributed by atoms with Crippen molar-refractivity contribution in [2.24, 2.45) is 0 Å². The van der Waals surface area contributed by atoms with E-state index in [9.17, 15) is 14.4 Å². The number of fused-ring (bicyclic) bond motifs is 1. The Morgan fingerprint density at radius 3 is 2.74 bits per heavy atom. The van der Waals surface area contributed by atoms with E-state index in [1.165, 1.54) is 0 Å². The fraction of sp³-hybridized carbons (Fsp3) is 0.471. The number of nitrogens with zero attached hydrogens (tertiary/aromatic N) is 1. The molecule has 1 aliphatic heterocycles. The first-order chi connectivity index (χ1) is 11.0. The van der Waals surface area contributed by atoms with Gasteiger partial charge in [-0.2, -0.15) is 0 Å². The maximum atomic E-state index is 12.1. The molecule has 0 radical (unpaired) electrons. The van der Waals surface area contributed by atoms with E-state index in [1.807, 2.05) is 31.2 Å². The molecule has 1 atom stereocenters. The Morgan fingerprint density at radius 2 is 2.04 bits per heavy atom. The van der Waals surface area contributed by atoms with Crippen LogP contribution >= 0.6 is 0 Å². The lowest BCUT2D eigenvalue weighted by atomic mass is 10.0. The van der Waals surface area contributed by atoms with Crippen molar-refractivity contribution in [1.82, 2.24) is 5.32 Å². The lowest BCUT2D eigenvalue weighted by molar-refractivity contribution is -0.142. The molecule has 0 aromatic heterocycles. The van der Waals surface area contributed by atoms with Crippen LogP contribution in [0.15, 0.2) is 24.3 Å². The van der Waals surface area contributed by atoms with Crippen molar-refractivity contribution < 1.29 is 19.5 Å². The van der Waals surface area contributed by atoms with Crippen LogP contribution in [-0.4, -0.2) is 35.5 Å². The topological polar surface area (TPSA) is 86.7 Å². The molecule has 6 nitrogen and oxygen atoms in total. The zero-order valence-corrected chi connectivity index (χ0v) is 13.2. The standard InChI is InChI=1S/C17H22N2O4/c1-2-5-13(17(22)23)18-15(20)10-11-19-14-7-4-3-6-12(14)8-9-16(19)21/h3-4,6-7,13H,2,5,8-11H2,1H3,(H,18,20)(H,22,23). The molecule has 0 saturated heterocycles. The van der Waals surface area contributed by atoms with Gasteiger partial charge in [0, 0.05) is 25.1 Å². The Bertz CT molecular complexity index is 600. The molecule has 2 rings (SSSR count). The van der Waals surface area contributed by atoms with Gasteiger partial charge in [0.25, 0.3) is 0 Å². The number of nitrogens with one attached hydrogen (secondary N) is 1. The van der Waals surface area contributed by atoms with Crippen molar-refractivity contribution in [2.45, 2.75) is 45.1 Å². The second kappa shape index (κ2) is 7.76. The van der Waals surface area contributed by atoms with Gasteiger partial charge >= 0.3 is 5.97 Å². The smallest absolute Gasteiger partial charge is 0.326 e. The third kappa shape index (κ3) is 4.31. The van der Waals surface area contributed by atoms with Crippen molar-refractivity contribution in [3.8, 4) is 0 Å². The predicted molar refractivity (Wildman–Crippen MR) is 86.2 cm³/mol. The highest BCUT2D eigenvalue weighted by Gasteiger charge is 2.25. The number of benzene rings is 1. The monoisotopic (exact) mass is 318 g/mol. The number of rotatable bonds is 7. The number of carboxylic acid groups (broad SMARTS) is 1. The molecule has 2 N–H and O–H groups in total. The summed E-state index contributed by atoms with van der Waals surface area (Å²) in [6.45, 7) is 2.13. The molecular formula is C17H22N2O4. The van der Waals surface area contributed by atoms with Crippen molar-refractivity contribution in [1.29, 1.82) is 0 Å². The normalized spacial score (nSPS) is 15.0. The highest BCUT2D eigenvalue weighted by atomic mass is 16.4. The first kappa shape index (κ1) is 17.0. The quantitative estimate of drug-likeness (QED) is 0.801. The minimum atomic E-state index is -1.03. The van der Waals surface area contributed by atoms with Gasteiger partial charge in [0.1, 0.15) is 6.04 Å². The summed E-state index contributed by atoms with van der Waals surface area (Å²) in [4.78, 5) is 36.8. The van der Waals surface area contributed by atoms with Crippen LogP contribution in [-0.2, 0) is 20.8 Å². The Kier molecular flexibility index (Phi) is 5.73. The van der Waals surface area contributed by atoms with Gasteiger partial charge in [-0.1, -0.05) is 31.5 Å². The lowest BCUT2D eigenvalue weighted by Gasteiger charge is -2.29. The molecule has 2 amide bonds. The molecule has 1 aromatic rings. The summed E-state index contributed by atoms with van der Waals surface area (Å²) in [7, 11) is 0. The van der Waals surface area contributed by atoms with Gasteiger partial charge in [0.2, 0.25) is 11.8 Å². The van der Waals surface area contributed by atoms with Gasteiger partial charge in [0.15, 0.2) is 0 Å². The summed E-state index contributed by atoms with van der Waals surface area (Å²) in [5.41, 5.74) is 1.95. The summed E-state index contributed by atoms with van der Waals surface area (Å²) in [6.07, 6.45) is 2.32. The number of anilines is 1. The van der Waals surface area contributed by atoms with E-state index in [-0.39, 0.29) is 24.8 Å². The Balaban J connectivity index is 1.96. The highest BCUT2D eigenvalue weighted by Crippen LogP contribution is 2.27. The molecule has 0 saturated carbocycles. The molecule has 0 spiro atoms. The van der Waals surface area contributed by atoms with E-state index in [2.05, 4.69) is 5.32 Å². The summed E-state index contributed by atoms with van der Waals surface area (Å²) in [5.74, 6) is -1.37. The molecule has 124 valence electrons. The second-order valence-corrected chi connectivity index (χ2v) is 5.67. The SMILES string of the molecule is CCCC(NC(=O)CCN1C(=O)CCc2ccccc21)C(=O)O. The van der Waals surface area contributed by atoms with Crippen LogP contribution in [0.4, 0.5) is 5.69 Å². The van der Waals surface area contributed by atoms with Crippen LogP contribution in [0, 0.1) is 0 Å². The minimum Gasteiger partial charge on any atom is -0.480 e. The van der Waals surface area contributed by atoms with E-state index in [0.717, 1.165) is 17.7 Å². The van der Waals surface area contributed by atoms with Gasteiger partial charge in [-0.3, -0.25) is 9.59 Å². The first-order valence-corrected chi connectivity index (χ1v) is 7.93. The number of hydrogen-bond acceptors (Lipinski definition) is 3. The molecule has 0 aliphatic carbocycles. The molecule has 1 aromatic carbocycles. The number of carbonyl (C=O) groups excluding carboxylic acids is 2. The minimum absolute atomic E-state index is 0.000146. The number of amides is 2. The van der Waals surface area contributed by atoms with Crippen LogP contribution in [0.3, 0.4) is 0 Å². The summed E-state index contributed by atoms with van der Waals surface area (Å²) in [5, 5.41) is 11.6. The Labute approximate surface area is 135 Å². The fourth-order valence-corrected chi connectivity index (χ4v) is 2.77. The maximum Gasteiger partial charge on any atom is 0.326 e. The maximum absolute atomic E-state index is 12.1. The molecule has 1 unspecified atom stereocenters. The zero-order chi connectivity index (χ0) is 16.8. The van der Waals surface area contributed by atoms with Crippen molar-refractivity contribution in [2.75, 3.05) is 11.4 Å². The summed E-state index contributed by atoms with van der Waals surface area (Å²) < 4.78 is 0. The van der Waals surface area contributed by atoms with Crippen molar-refractivity contribution >= 4 is 23.5 Å². The lowest BCUT2D eigenvalue weighted by Crippen LogP contribution is -2.43. The Hall–Kier alpha value is -2.37. The summed E-state index contributed by atoms with van der Waals surface area (Å²) in [6, 6.07) is 6.79. The first-order valence-electron chi connectivity index (χ1n) is 7.93. The van der Waals surface area contributed by atoms with Crippen LogP contribution in [0.5, 0.6) is 0 Å². The number of carboxylic acids is 1. The zero-order valence-electron chi connectivity index (χ0n) is 13.2. The van der Waals surface area contributed by atoms with Gasteiger partial charge in [-0.05, 0) is 24.5 Å². The number of aryl methyl sites for hydroxylation is 1. The number of aliphatic carboxylic acids is 1. The molecule has 23 heavy (non-hydrogen) atoms. The Morgan fingerprint density at radius 1 is 1.30 bits per heavy atom. The van der Waals surface area contributed by atoms with Crippen LogP contribution in [0.2, 0.25) is 0 Å². The van der Waals surface area contributed by atoms with Crippen LogP contribution < -0.4 is 10.2 Å². The highest BCUT2D eigenvalue weighted by molar-refractivity contribution is 5.97. The van der Waals surface area contributed by atoms with Crippen LogP contribution in [0.1, 0.15) is 38.2 Å². The fourth-order valence-electron chi connectivity index (χ4n) is 2.77. The molecule has 0 bridgehead atoms. The predicted octanol–water partition coefficient (Wildman–Crippen LogP) is 1.73. The average Bonchev–Trinajstić information content (AvgIpc) is 2.53. The largest absolute Gasteiger partial charge is 0.480 e. The third-order valence-electron chi connectivity index (χ3n) is 3.96. The second-order valence-electron chi connectivity index (χ2n) is 5.67. The van der Waals surface area contributed by atoms with E-state index in [0.29, 0.717) is 19.3 Å². The third-order valence-corrected chi connectivity index (χ3v) is 3.96. The van der Waals surface area contributed by atoms with E-state index < -0.39 is 12.0 Å². The van der Waals surface area contributed by atoms with E-state index in [4.69, 9.17) is 5.11 Å².